The molecule has 2 N–H and O–H groups in total. The number of ether oxygens (including phenoxy) is 6. The second-order valence-electron chi connectivity index (χ2n) is 13.9. The van der Waals surface area contributed by atoms with Crippen molar-refractivity contribution < 1.29 is 38.6 Å². The van der Waals surface area contributed by atoms with Crippen LogP contribution >= 0.6 is 0 Å². The van der Waals surface area contributed by atoms with E-state index in [-0.39, 0.29) is 19.0 Å². The summed E-state index contributed by atoms with van der Waals surface area (Å²) >= 11 is 0. The van der Waals surface area contributed by atoms with Gasteiger partial charge < -0.3 is 38.6 Å². The molecular weight excluding hydrogens is 608 g/mol. The van der Waals surface area contributed by atoms with Crippen molar-refractivity contribution in [1.29, 1.82) is 0 Å². The highest BCUT2D eigenvalue weighted by molar-refractivity contribution is 6.25. The molecule has 0 heterocycles. The Morgan fingerprint density at radius 3 is 2.21 bits per heavy atom. The predicted molar refractivity (Wildman–Crippen MR) is 187 cm³/mol. The van der Waals surface area contributed by atoms with Crippen LogP contribution in [0.15, 0.2) is 61.4 Å². The molecule has 8 nitrogen and oxygen atoms in total. The molecule has 0 aromatic heterocycles. The van der Waals surface area contributed by atoms with Crippen molar-refractivity contribution in [1.82, 2.24) is 0 Å². The van der Waals surface area contributed by atoms with Crippen molar-refractivity contribution in [3.8, 4) is 0 Å². The molecule has 3 aliphatic carbocycles. The van der Waals surface area contributed by atoms with E-state index in [9.17, 15) is 10.2 Å². The second-order valence-corrected chi connectivity index (χ2v) is 13.9. The average Bonchev–Trinajstić information content (AvgIpc) is 3.06. The summed E-state index contributed by atoms with van der Waals surface area (Å²) in [6.45, 7) is 13.3. The van der Waals surface area contributed by atoms with Crippen LogP contribution in [-0.2, 0) is 28.4 Å². The van der Waals surface area contributed by atoms with Crippen molar-refractivity contribution in [2.75, 3.05) is 26.4 Å². The molecule has 252 valence electrons. The van der Waals surface area contributed by atoms with Crippen molar-refractivity contribution in [2.45, 2.75) is 77.5 Å². The molecular formula is C40H44O8. The Morgan fingerprint density at radius 1 is 0.750 bits per heavy atom. The summed E-state index contributed by atoms with van der Waals surface area (Å²) in [6.07, 6.45) is 6.76. The van der Waals surface area contributed by atoms with E-state index in [1.165, 1.54) is 18.8 Å². The van der Waals surface area contributed by atoms with Gasteiger partial charge in [0, 0.05) is 10.6 Å². The van der Waals surface area contributed by atoms with Gasteiger partial charge in [-0.15, -0.1) is 0 Å². The lowest BCUT2D eigenvalue weighted by molar-refractivity contribution is -0.0882. The lowest BCUT2D eigenvalue weighted by atomic mass is 9.75. The number of hydrogen-bond donors (Lipinski definition) is 2. The highest BCUT2D eigenvalue weighted by Crippen LogP contribution is 2.46. The van der Waals surface area contributed by atoms with E-state index in [4.69, 9.17) is 28.4 Å². The van der Waals surface area contributed by atoms with Gasteiger partial charge in [-0.1, -0.05) is 42.5 Å². The number of aliphatic hydroxyl groups excluding tert-OH is 2. The Bertz CT molecular complexity index is 2140. The molecule has 0 saturated heterocycles. The Hall–Kier alpha value is -4.24. The lowest BCUT2D eigenvalue weighted by Gasteiger charge is -2.37. The molecule has 0 aliphatic heterocycles. The third kappa shape index (κ3) is 5.36. The molecule has 3 aliphatic rings. The minimum absolute atomic E-state index is 0.170. The number of benzene rings is 4. The quantitative estimate of drug-likeness (QED) is 0.0977. The standard InChI is InChI=1S/C40H44O8/c1-7-43-17-18-45-21-40(5,6)48-38-28-16-12-24-11-15-27-33-30(24)34(28)32-26(36(38)42)14-10-23-9-13-25(31(33)29(23)32)35(41)37(27)46-22-39(3,4)47-20-19-44-8-2/h9-12,14-20,35,37-38,41-42H,7-8,13,21-22H2,1-6H3/b18-17+,20-19+. The molecule has 0 bridgehead atoms. The van der Waals surface area contributed by atoms with Crippen LogP contribution < -0.4 is 15.7 Å². The molecule has 0 amide bonds. The van der Waals surface area contributed by atoms with Gasteiger partial charge in [-0.25, -0.2) is 0 Å². The van der Waals surface area contributed by atoms with E-state index in [0.717, 1.165) is 64.7 Å². The molecule has 0 fully saturated rings. The van der Waals surface area contributed by atoms with E-state index in [2.05, 4.69) is 36.4 Å². The van der Waals surface area contributed by atoms with Crippen LogP contribution in [0.2, 0.25) is 0 Å². The van der Waals surface area contributed by atoms with Gasteiger partial charge in [0.05, 0.1) is 25.4 Å². The third-order valence-corrected chi connectivity index (χ3v) is 9.46. The summed E-state index contributed by atoms with van der Waals surface area (Å²) < 4.78 is 35.5. The molecule has 0 saturated carbocycles. The van der Waals surface area contributed by atoms with Crippen LogP contribution in [0, 0.1) is 0 Å². The maximum absolute atomic E-state index is 12.0. The van der Waals surface area contributed by atoms with E-state index in [1.54, 1.807) is 6.26 Å². The molecule has 4 aromatic rings. The Kier molecular flexibility index (Phi) is 8.30. The zero-order chi connectivity index (χ0) is 33.8. The van der Waals surface area contributed by atoms with Gasteiger partial charge in [0.15, 0.2) is 0 Å². The van der Waals surface area contributed by atoms with Gasteiger partial charge in [0.2, 0.25) is 0 Å². The van der Waals surface area contributed by atoms with Gasteiger partial charge in [-0.2, -0.15) is 0 Å². The fourth-order valence-electron chi connectivity index (χ4n) is 7.40. The molecule has 0 radical (unpaired) electrons. The first-order valence-electron chi connectivity index (χ1n) is 16.8. The Balaban J connectivity index is 1.38. The fourth-order valence-corrected chi connectivity index (χ4v) is 7.40. The number of aliphatic hydroxyl groups is 2. The van der Waals surface area contributed by atoms with Crippen molar-refractivity contribution in [3.05, 3.63) is 88.2 Å². The van der Waals surface area contributed by atoms with Crippen LogP contribution in [0.25, 0.3) is 49.7 Å². The maximum atomic E-state index is 12.0. The van der Waals surface area contributed by atoms with E-state index >= 15 is 0 Å². The van der Waals surface area contributed by atoms with Crippen LogP contribution in [-0.4, -0.2) is 53.9 Å². The zero-order valence-electron chi connectivity index (χ0n) is 28.5. The van der Waals surface area contributed by atoms with Crippen LogP contribution in [0.3, 0.4) is 0 Å². The van der Waals surface area contributed by atoms with Crippen LogP contribution in [0.4, 0.5) is 0 Å². The topological polar surface area (TPSA) is 95.8 Å². The molecule has 7 rings (SSSR count). The number of hydrogen-bond acceptors (Lipinski definition) is 8. The van der Waals surface area contributed by atoms with Gasteiger partial charge in [-0.3, -0.25) is 0 Å². The van der Waals surface area contributed by atoms with E-state index in [0.29, 0.717) is 19.6 Å². The highest BCUT2D eigenvalue weighted by atomic mass is 16.6. The Labute approximate surface area is 280 Å². The second kappa shape index (κ2) is 12.3. The maximum Gasteiger partial charge on any atom is 0.141 e. The minimum Gasteiger partial charge on any atom is -0.509 e. The minimum atomic E-state index is -0.848. The van der Waals surface area contributed by atoms with E-state index < -0.39 is 29.5 Å². The van der Waals surface area contributed by atoms with Gasteiger partial charge in [-0.05, 0) is 102 Å². The summed E-state index contributed by atoms with van der Waals surface area (Å²) in [5, 5.41) is 33.2. The molecule has 3 atom stereocenters. The monoisotopic (exact) mass is 652 g/mol. The largest absolute Gasteiger partial charge is 0.509 e. The van der Waals surface area contributed by atoms with Crippen molar-refractivity contribution in [3.63, 3.8) is 0 Å². The molecule has 4 aromatic carbocycles. The summed E-state index contributed by atoms with van der Waals surface area (Å²) in [5.74, 6) is 0.170. The lowest BCUT2D eigenvalue weighted by Crippen LogP contribution is -2.40. The van der Waals surface area contributed by atoms with Crippen molar-refractivity contribution >= 4 is 49.7 Å². The molecule has 48 heavy (non-hydrogen) atoms. The molecule has 8 heteroatoms. The first kappa shape index (κ1) is 32.3. The summed E-state index contributed by atoms with van der Waals surface area (Å²) in [5.41, 5.74) is 1.38. The van der Waals surface area contributed by atoms with E-state index in [1.807, 2.05) is 47.6 Å². The first-order chi connectivity index (χ1) is 23.1. The fraction of sp³-hybridized carbons (Fsp3) is 0.400. The summed E-state index contributed by atoms with van der Waals surface area (Å²) in [7, 11) is 0. The summed E-state index contributed by atoms with van der Waals surface area (Å²) in [4.78, 5) is 0. The SMILES string of the molecule is CCO/C=C/OCC(C)(C)OC1C(O)=c2ccc3c4c5c6c(ccc7ccc1c(c24)c76)C(OCC(C)(C)O/C=C/OCC)C(O)C=5CC=3. The molecule has 3 unspecified atom stereocenters. The average molecular weight is 653 g/mol. The highest BCUT2D eigenvalue weighted by Gasteiger charge is 2.39. The first-order valence-corrected chi connectivity index (χ1v) is 16.8. The zero-order valence-corrected chi connectivity index (χ0v) is 28.5. The van der Waals surface area contributed by atoms with Gasteiger partial charge in [0.25, 0.3) is 0 Å². The predicted octanol–water partition coefficient (Wildman–Crippen LogP) is 5.98. The number of rotatable bonds is 14. The molecule has 0 spiro atoms. The van der Waals surface area contributed by atoms with Crippen LogP contribution in [0.1, 0.15) is 71.3 Å². The normalized spacial score (nSPS) is 20.2. The van der Waals surface area contributed by atoms with Crippen LogP contribution in [0.5, 0.6) is 0 Å². The Morgan fingerprint density at radius 2 is 1.46 bits per heavy atom. The van der Waals surface area contributed by atoms with Gasteiger partial charge in [0.1, 0.15) is 61.3 Å². The summed E-state index contributed by atoms with van der Waals surface area (Å²) in [6, 6.07) is 12.4. The smallest absolute Gasteiger partial charge is 0.141 e. The van der Waals surface area contributed by atoms with Gasteiger partial charge >= 0.3 is 0 Å². The third-order valence-electron chi connectivity index (χ3n) is 9.46. The van der Waals surface area contributed by atoms with Crippen molar-refractivity contribution in [2.24, 2.45) is 0 Å².